The highest BCUT2D eigenvalue weighted by Crippen LogP contribution is 2.18. The Kier molecular flexibility index (Phi) is 3.41. The van der Waals surface area contributed by atoms with E-state index in [1.165, 1.54) is 0 Å². The lowest BCUT2D eigenvalue weighted by Crippen LogP contribution is -2.53. The highest BCUT2D eigenvalue weighted by atomic mass is 16.6. The summed E-state index contributed by atoms with van der Waals surface area (Å²) in [6.07, 6.45) is 0.519. The first kappa shape index (κ1) is 11.0. The Labute approximate surface area is 94.4 Å². The minimum absolute atomic E-state index is 0.0143. The van der Waals surface area contributed by atoms with Crippen molar-refractivity contribution in [2.45, 2.75) is 19.1 Å². The molecule has 1 aliphatic rings. The van der Waals surface area contributed by atoms with Crippen molar-refractivity contribution >= 4 is 6.09 Å². The molecule has 1 atom stereocenters. The molecule has 1 N–H and O–H groups in total. The largest absolute Gasteiger partial charge is 0.445 e. The minimum Gasteiger partial charge on any atom is -0.445 e. The van der Waals surface area contributed by atoms with Crippen LogP contribution in [0.5, 0.6) is 0 Å². The molecule has 4 heteroatoms. The lowest BCUT2D eigenvalue weighted by molar-refractivity contribution is 0.0214. The third kappa shape index (κ3) is 2.33. The van der Waals surface area contributed by atoms with E-state index in [0.717, 1.165) is 12.0 Å². The van der Waals surface area contributed by atoms with Gasteiger partial charge >= 0.3 is 6.09 Å². The molecule has 0 unspecified atom stereocenters. The molecule has 0 aliphatic carbocycles. The Balaban J connectivity index is 1.80. The van der Waals surface area contributed by atoms with Crippen LogP contribution in [0.3, 0.4) is 0 Å². The number of aliphatic hydroxyl groups excluding tert-OH is 1. The fourth-order valence-corrected chi connectivity index (χ4v) is 1.67. The van der Waals surface area contributed by atoms with Crippen molar-refractivity contribution in [2.24, 2.45) is 0 Å². The number of carbonyl (C=O) groups excluding carboxylic acids is 1. The van der Waals surface area contributed by atoms with Gasteiger partial charge in [-0.2, -0.15) is 0 Å². The van der Waals surface area contributed by atoms with Gasteiger partial charge in [-0.15, -0.1) is 0 Å². The molecule has 0 radical (unpaired) electrons. The fourth-order valence-electron chi connectivity index (χ4n) is 1.67. The smallest absolute Gasteiger partial charge is 0.410 e. The van der Waals surface area contributed by atoms with Crippen LogP contribution in [0.1, 0.15) is 12.0 Å². The van der Waals surface area contributed by atoms with Crippen molar-refractivity contribution in [2.75, 3.05) is 13.2 Å². The summed E-state index contributed by atoms with van der Waals surface area (Å²) in [6, 6.07) is 9.50. The maximum Gasteiger partial charge on any atom is 0.410 e. The molecule has 1 aliphatic heterocycles. The van der Waals surface area contributed by atoms with Crippen molar-refractivity contribution in [3.63, 3.8) is 0 Å². The van der Waals surface area contributed by atoms with E-state index in [1.54, 1.807) is 4.90 Å². The van der Waals surface area contributed by atoms with Gasteiger partial charge < -0.3 is 14.7 Å². The number of hydrogen-bond donors (Lipinski definition) is 1. The first-order valence-electron chi connectivity index (χ1n) is 5.39. The molecular weight excluding hydrogens is 206 g/mol. The number of benzene rings is 1. The van der Waals surface area contributed by atoms with Crippen LogP contribution in [0.4, 0.5) is 4.79 Å². The van der Waals surface area contributed by atoms with Crippen LogP contribution in [0.2, 0.25) is 0 Å². The molecule has 4 nitrogen and oxygen atoms in total. The summed E-state index contributed by atoms with van der Waals surface area (Å²) in [7, 11) is 0. The number of hydrogen-bond acceptors (Lipinski definition) is 3. The number of likely N-dealkylation sites (tertiary alicyclic amines) is 1. The van der Waals surface area contributed by atoms with Crippen LogP contribution >= 0.6 is 0 Å². The summed E-state index contributed by atoms with van der Waals surface area (Å²) < 4.78 is 5.14. The van der Waals surface area contributed by atoms with Crippen LogP contribution in [0.15, 0.2) is 30.3 Å². The zero-order valence-electron chi connectivity index (χ0n) is 9.00. The van der Waals surface area contributed by atoms with E-state index < -0.39 is 0 Å². The molecule has 0 saturated carbocycles. The normalized spacial score (nSPS) is 19.1. The Bertz CT molecular complexity index is 351. The number of amides is 1. The lowest BCUT2D eigenvalue weighted by atomic mass is 10.1. The molecule has 1 fully saturated rings. The Morgan fingerprint density at radius 3 is 2.75 bits per heavy atom. The molecule has 1 amide bonds. The Hall–Kier alpha value is -1.55. The topological polar surface area (TPSA) is 49.8 Å². The van der Waals surface area contributed by atoms with Crippen molar-refractivity contribution in [1.29, 1.82) is 0 Å². The average molecular weight is 221 g/mol. The molecule has 1 saturated heterocycles. The summed E-state index contributed by atoms with van der Waals surface area (Å²) in [5.74, 6) is 0. The Morgan fingerprint density at radius 1 is 1.44 bits per heavy atom. The monoisotopic (exact) mass is 221 g/mol. The van der Waals surface area contributed by atoms with Gasteiger partial charge in [0.25, 0.3) is 0 Å². The molecule has 1 aromatic rings. The number of aliphatic hydroxyl groups is 1. The minimum atomic E-state index is -0.339. The third-order valence-corrected chi connectivity index (χ3v) is 2.79. The first-order chi connectivity index (χ1) is 7.81. The van der Waals surface area contributed by atoms with Gasteiger partial charge in [0.15, 0.2) is 0 Å². The predicted octanol–water partition coefficient (Wildman–Crippen LogP) is 1.39. The average Bonchev–Trinajstić information content (AvgIpc) is 2.27. The van der Waals surface area contributed by atoms with Crippen molar-refractivity contribution in [3.8, 4) is 0 Å². The number of carbonyl (C=O) groups is 1. The van der Waals surface area contributed by atoms with E-state index in [-0.39, 0.29) is 25.3 Å². The number of rotatable bonds is 3. The van der Waals surface area contributed by atoms with Gasteiger partial charge in [-0.3, -0.25) is 0 Å². The molecule has 1 aromatic carbocycles. The van der Waals surface area contributed by atoms with Gasteiger partial charge in [-0.1, -0.05) is 30.3 Å². The van der Waals surface area contributed by atoms with E-state index in [9.17, 15) is 4.79 Å². The van der Waals surface area contributed by atoms with Crippen LogP contribution in [-0.2, 0) is 11.3 Å². The summed E-state index contributed by atoms with van der Waals surface area (Å²) in [5, 5.41) is 8.94. The molecule has 2 rings (SSSR count). The Morgan fingerprint density at radius 2 is 2.19 bits per heavy atom. The molecule has 0 aromatic heterocycles. The zero-order valence-corrected chi connectivity index (χ0v) is 9.00. The van der Waals surface area contributed by atoms with Crippen molar-refractivity contribution in [3.05, 3.63) is 35.9 Å². The fraction of sp³-hybridized carbons (Fsp3) is 0.417. The first-order valence-corrected chi connectivity index (χ1v) is 5.39. The molecule has 0 bridgehead atoms. The van der Waals surface area contributed by atoms with Crippen LogP contribution < -0.4 is 0 Å². The van der Waals surface area contributed by atoms with E-state index in [4.69, 9.17) is 9.84 Å². The van der Waals surface area contributed by atoms with E-state index in [0.29, 0.717) is 6.54 Å². The third-order valence-electron chi connectivity index (χ3n) is 2.79. The number of ether oxygens (including phenoxy) is 1. The highest BCUT2D eigenvalue weighted by Gasteiger charge is 2.32. The van der Waals surface area contributed by atoms with E-state index in [2.05, 4.69) is 0 Å². The second-order valence-corrected chi connectivity index (χ2v) is 3.86. The standard InChI is InChI=1S/C12H15NO3/c14-8-11-6-7-13(11)12(15)16-9-10-4-2-1-3-5-10/h1-5,11,14H,6-9H2/t11-/m0/s1. The maximum absolute atomic E-state index is 11.6. The second kappa shape index (κ2) is 4.99. The lowest BCUT2D eigenvalue weighted by Gasteiger charge is -2.38. The quantitative estimate of drug-likeness (QED) is 0.839. The summed E-state index contributed by atoms with van der Waals surface area (Å²) in [5.41, 5.74) is 0.969. The van der Waals surface area contributed by atoms with E-state index in [1.807, 2.05) is 30.3 Å². The van der Waals surface area contributed by atoms with Gasteiger partial charge in [0.1, 0.15) is 6.61 Å². The van der Waals surface area contributed by atoms with Gasteiger partial charge in [0.2, 0.25) is 0 Å². The van der Waals surface area contributed by atoms with Crippen LogP contribution in [0, 0.1) is 0 Å². The zero-order chi connectivity index (χ0) is 11.4. The second-order valence-electron chi connectivity index (χ2n) is 3.86. The van der Waals surface area contributed by atoms with Gasteiger partial charge in [-0.05, 0) is 12.0 Å². The summed E-state index contributed by atoms with van der Waals surface area (Å²) in [4.78, 5) is 13.1. The van der Waals surface area contributed by atoms with Crippen molar-refractivity contribution < 1.29 is 14.6 Å². The van der Waals surface area contributed by atoms with Crippen molar-refractivity contribution in [1.82, 2.24) is 4.90 Å². The highest BCUT2D eigenvalue weighted by molar-refractivity contribution is 5.69. The van der Waals surface area contributed by atoms with Gasteiger partial charge in [0, 0.05) is 6.54 Å². The SMILES string of the molecule is O=C(OCc1ccccc1)N1CC[C@H]1CO. The van der Waals surface area contributed by atoms with E-state index >= 15 is 0 Å². The summed E-state index contributed by atoms with van der Waals surface area (Å²) >= 11 is 0. The molecule has 1 heterocycles. The molecule has 0 spiro atoms. The van der Waals surface area contributed by atoms with Gasteiger partial charge in [0.05, 0.1) is 12.6 Å². The molecule has 86 valence electrons. The van der Waals surface area contributed by atoms with Crippen LogP contribution in [0.25, 0.3) is 0 Å². The van der Waals surface area contributed by atoms with Crippen LogP contribution in [-0.4, -0.2) is 35.3 Å². The predicted molar refractivity (Wildman–Crippen MR) is 58.8 cm³/mol. The maximum atomic E-state index is 11.6. The number of nitrogens with zero attached hydrogens (tertiary/aromatic N) is 1. The molecular formula is C12H15NO3. The molecule has 16 heavy (non-hydrogen) atoms. The van der Waals surface area contributed by atoms with Gasteiger partial charge in [-0.25, -0.2) is 4.79 Å². The summed E-state index contributed by atoms with van der Waals surface area (Å²) in [6.45, 7) is 0.980.